The maximum Gasteiger partial charge on any atom is 0.265 e. The lowest BCUT2D eigenvalue weighted by atomic mass is 10.0. The smallest absolute Gasteiger partial charge is 0.265 e. The number of anilines is 1. The lowest BCUT2D eigenvalue weighted by Gasteiger charge is -2.10. The van der Waals surface area contributed by atoms with Gasteiger partial charge < -0.3 is 5.32 Å². The summed E-state index contributed by atoms with van der Waals surface area (Å²) in [5.41, 5.74) is 2.28. The molecule has 0 saturated heterocycles. The molecule has 0 unspecified atom stereocenters. The van der Waals surface area contributed by atoms with Gasteiger partial charge in [0, 0.05) is 34.2 Å². The van der Waals surface area contributed by atoms with Gasteiger partial charge in [0.15, 0.2) is 5.78 Å². The first-order chi connectivity index (χ1) is 13.9. The summed E-state index contributed by atoms with van der Waals surface area (Å²) in [5.74, 6) is -1.06. The standard InChI is InChI=1S/C23H19F2NO2S/c1-13-2-5-15(20(27)10-14-3-4-14)11-19(13)26-23(28)22-9-8-21(29-22)17-7-6-16(24)12-18(17)25/h2,5-9,11-12,14H,3-4,10H2,1H3,(H,26,28). The quantitative estimate of drug-likeness (QED) is 0.488. The Morgan fingerprint density at radius 1 is 1.07 bits per heavy atom. The number of aryl methyl sites for hydroxylation is 1. The van der Waals surface area contributed by atoms with Gasteiger partial charge in [-0.3, -0.25) is 9.59 Å². The molecule has 0 atom stereocenters. The molecule has 1 saturated carbocycles. The first-order valence-electron chi connectivity index (χ1n) is 9.41. The molecule has 1 fully saturated rings. The molecule has 0 spiro atoms. The third kappa shape index (κ3) is 4.43. The van der Waals surface area contributed by atoms with Crippen LogP contribution in [-0.2, 0) is 0 Å². The molecule has 1 aliphatic carbocycles. The van der Waals surface area contributed by atoms with Gasteiger partial charge in [-0.2, -0.15) is 0 Å². The summed E-state index contributed by atoms with van der Waals surface area (Å²) in [6.45, 7) is 1.86. The largest absolute Gasteiger partial charge is 0.321 e. The summed E-state index contributed by atoms with van der Waals surface area (Å²) in [6.07, 6.45) is 2.76. The summed E-state index contributed by atoms with van der Waals surface area (Å²) in [7, 11) is 0. The second-order valence-electron chi connectivity index (χ2n) is 7.34. The average molecular weight is 411 g/mol. The van der Waals surface area contributed by atoms with Crippen LogP contribution in [0.15, 0.2) is 48.5 Å². The van der Waals surface area contributed by atoms with Crippen molar-refractivity contribution < 1.29 is 18.4 Å². The molecule has 2 aromatic carbocycles. The van der Waals surface area contributed by atoms with E-state index in [4.69, 9.17) is 0 Å². The highest BCUT2D eigenvalue weighted by atomic mass is 32.1. The minimum atomic E-state index is -0.670. The molecule has 0 bridgehead atoms. The van der Waals surface area contributed by atoms with Gasteiger partial charge in [0.25, 0.3) is 5.91 Å². The molecule has 148 valence electrons. The number of rotatable bonds is 6. The van der Waals surface area contributed by atoms with Crippen LogP contribution < -0.4 is 5.32 Å². The molecule has 1 heterocycles. The molecule has 0 aliphatic heterocycles. The number of hydrogen-bond acceptors (Lipinski definition) is 3. The number of carbonyl (C=O) groups is 2. The molecular formula is C23H19F2NO2S. The van der Waals surface area contributed by atoms with Crippen molar-refractivity contribution in [1.82, 2.24) is 0 Å². The fraction of sp³-hybridized carbons (Fsp3) is 0.217. The van der Waals surface area contributed by atoms with Crippen LogP contribution in [0.4, 0.5) is 14.5 Å². The Morgan fingerprint density at radius 2 is 1.86 bits per heavy atom. The van der Waals surface area contributed by atoms with Crippen molar-refractivity contribution in [3.63, 3.8) is 0 Å². The number of nitrogens with one attached hydrogen (secondary N) is 1. The maximum atomic E-state index is 14.0. The highest BCUT2D eigenvalue weighted by Gasteiger charge is 2.25. The highest BCUT2D eigenvalue weighted by Crippen LogP contribution is 2.34. The molecular weight excluding hydrogens is 392 g/mol. The van der Waals surface area contributed by atoms with Crippen molar-refractivity contribution in [3.8, 4) is 10.4 Å². The van der Waals surface area contributed by atoms with E-state index < -0.39 is 11.6 Å². The minimum Gasteiger partial charge on any atom is -0.321 e. The third-order valence-corrected chi connectivity index (χ3v) is 6.12. The van der Waals surface area contributed by atoms with Crippen molar-refractivity contribution >= 4 is 28.7 Å². The predicted molar refractivity (Wildman–Crippen MR) is 110 cm³/mol. The molecule has 1 aromatic heterocycles. The molecule has 4 rings (SSSR count). The number of hydrogen-bond donors (Lipinski definition) is 1. The van der Waals surface area contributed by atoms with E-state index in [0.717, 1.165) is 35.8 Å². The number of carbonyl (C=O) groups excluding carboxylic acids is 2. The van der Waals surface area contributed by atoms with E-state index in [2.05, 4.69) is 5.32 Å². The molecule has 1 aliphatic rings. The van der Waals surface area contributed by atoms with Crippen LogP contribution in [0.3, 0.4) is 0 Å². The van der Waals surface area contributed by atoms with E-state index >= 15 is 0 Å². The summed E-state index contributed by atoms with van der Waals surface area (Å²) in [6, 6.07) is 11.9. The van der Waals surface area contributed by atoms with Crippen LogP contribution in [0.25, 0.3) is 10.4 Å². The Morgan fingerprint density at radius 3 is 2.59 bits per heavy atom. The second-order valence-corrected chi connectivity index (χ2v) is 8.43. The Bertz CT molecular complexity index is 1100. The summed E-state index contributed by atoms with van der Waals surface area (Å²) >= 11 is 1.12. The highest BCUT2D eigenvalue weighted by molar-refractivity contribution is 7.17. The summed E-state index contributed by atoms with van der Waals surface area (Å²) in [4.78, 5) is 26.0. The lowest BCUT2D eigenvalue weighted by molar-refractivity contribution is 0.0974. The maximum absolute atomic E-state index is 14.0. The molecule has 29 heavy (non-hydrogen) atoms. The monoisotopic (exact) mass is 411 g/mol. The predicted octanol–water partition coefficient (Wildman–Crippen LogP) is 6.24. The van der Waals surface area contributed by atoms with E-state index in [9.17, 15) is 18.4 Å². The number of amides is 1. The summed E-state index contributed by atoms with van der Waals surface area (Å²) in [5, 5.41) is 2.84. The second kappa shape index (κ2) is 7.87. The zero-order valence-corrected chi connectivity index (χ0v) is 16.6. The zero-order chi connectivity index (χ0) is 20.5. The number of Topliss-reactive ketones (excluding diaryl/α,β-unsaturated/α-hetero) is 1. The summed E-state index contributed by atoms with van der Waals surface area (Å²) < 4.78 is 27.1. The van der Waals surface area contributed by atoms with Crippen molar-refractivity contribution in [2.75, 3.05) is 5.32 Å². The lowest BCUT2D eigenvalue weighted by Crippen LogP contribution is -2.12. The van der Waals surface area contributed by atoms with E-state index in [1.165, 1.54) is 12.1 Å². The van der Waals surface area contributed by atoms with E-state index in [0.29, 0.717) is 33.3 Å². The fourth-order valence-corrected chi connectivity index (χ4v) is 4.04. The Balaban J connectivity index is 1.52. The van der Waals surface area contributed by atoms with E-state index in [-0.39, 0.29) is 17.3 Å². The van der Waals surface area contributed by atoms with Crippen LogP contribution in [-0.4, -0.2) is 11.7 Å². The van der Waals surface area contributed by atoms with Gasteiger partial charge in [-0.1, -0.05) is 12.1 Å². The van der Waals surface area contributed by atoms with Crippen LogP contribution in [0.2, 0.25) is 0 Å². The molecule has 0 radical (unpaired) electrons. The van der Waals surface area contributed by atoms with Crippen LogP contribution in [0.1, 0.15) is 44.9 Å². The van der Waals surface area contributed by atoms with Gasteiger partial charge in [-0.25, -0.2) is 8.78 Å². The van der Waals surface area contributed by atoms with Crippen LogP contribution in [0, 0.1) is 24.5 Å². The topological polar surface area (TPSA) is 46.2 Å². The van der Waals surface area contributed by atoms with Gasteiger partial charge in [-0.15, -0.1) is 11.3 Å². The number of benzene rings is 2. The molecule has 3 nitrogen and oxygen atoms in total. The van der Waals surface area contributed by atoms with Crippen LogP contribution >= 0.6 is 11.3 Å². The first kappa shape index (κ1) is 19.5. The fourth-order valence-electron chi connectivity index (χ4n) is 3.11. The molecule has 1 N–H and O–H groups in total. The molecule has 6 heteroatoms. The van der Waals surface area contributed by atoms with Crippen molar-refractivity contribution in [2.24, 2.45) is 5.92 Å². The zero-order valence-electron chi connectivity index (χ0n) is 15.8. The SMILES string of the molecule is Cc1ccc(C(=O)CC2CC2)cc1NC(=O)c1ccc(-c2ccc(F)cc2F)s1. The van der Waals surface area contributed by atoms with E-state index in [1.807, 2.05) is 13.0 Å². The Labute approximate surface area is 171 Å². The van der Waals surface area contributed by atoms with Gasteiger partial charge in [0.05, 0.1) is 4.88 Å². The van der Waals surface area contributed by atoms with Crippen molar-refractivity contribution in [1.29, 1.82) is 0 Å². The molecule has 1 amide bonds. The van der Waals surface area contributed by atoms with Crippen LogP contribution in [0.5, 0.6) is 0 Å². The van der Waals surface area contributed by atoms with Gasteiger partial charge in [-0.05, 0) is 61.6 Å². The molecule has 3 aromatic rings. The van der Waals surface area contributed by atoms with E-state index in [1.54, 1.807) is 24.3 Å². The Kier molecular flexibility index (Phi) is 5.28. The first-order valence-corrected chi connectivity index (χ1v) is 10.2. The number of thiophene rings is 1. The van der Waals surface area contributed by atoms with Gasteiger partial charge in [0.1, 0.15) is 11.6 Å². The van der Waals surface area contributed by atoms with Crippen molar-refractivity contribution in [3.05, 3.63) is 76.2 Å². The third-order valence-electron chi connectivity index (χ3n) is 5.01. The van der Waals surface area contributed by atoms with Gasteiger partial charge in [0.2, 0.25) is 0 Å². The average Bonchev–Trinajstić information content (AvgIpc) is 3.35. The van der Waals surface area contributed by atoms with Gasteiger partial charge >= 0.3 is 0 Å². The number of halogens is 2. The van der Waals surface area contributed by atoms with Crippen molar-refractivity contribution in [2.45, 2.75) is 26.2 Å². The minimum absolute atomic E-state index is 0.0909. The number of ketones is 1. The normalized spacial score (nSPS) is 13.3. The Hall–Kier alpha value is -2.86.